The van der Waals surface area contributed by atoms with Gasteiger partial charge in [0.05, 0.1) is 24.7 Å². The summed E-state index contributed by atoms with van der Waals surface area (Å²) in [6.45, 7) is 8.21. The Kier molecular flexibility index (Phi) is 12.7. The highest BCUT2D eigenvalue weighted by atomic mass is 35.5. The summed E-state index contributed by atoms with van der Waals surface area (Å²) in [4.78, 5) is 18.0. The van der Waals surface area contributed by atoms with Gasteiger partial charge in [0.1, 0.15) is 24.0 Å². The maximum atomic E-state index is 9.67. The number of nitrogens with zero attached hydrogens (tertiary/aromatic N) is 3. The molecule has 0 spiro atoms. The van der Waals surface area contributed by atoms with Crippen LogP contribution in [0.2, 0.25) is 0 Å². The number of aromatic nitrogens is 3. The first-order valence-corrected chi connectivity index (χ1v) is 12.6. The van der Waals surface area contributed by atoms with Crippen molar-refractivity contribution in [1.29, 1.82) is 0 Å². The van der Waals surface area contributed by atoms with Crippen molar-refractivity contribution in [3.8, 4) is 0 Å². The van der Waals surface area contributed by atoms with Crippen LogP contribution in [0.1, 0.15) is 39.3 Å². The Balaban J connectivity index is 0.000000387. The molecular weight excluding hydrogens is 479 g/mol. The van der Waals surface area contributed by atoms with E-state index in [0.29, 0.717) is 17.3 Å². The Morgan fingerprint density at radius 1 is 1.41 bits per heavy atom. The van der Waals surface area contributed by atoms with Crippen LogP contribution in [0.5, 0.6) is 0 Å². The Morgan fingerprint density at radius 3 is 2.91 bits per heavy atom. The number of fused-ring (bicyclic) bond motifs is 1. The van der Waals surface area contributed by atoms with Gasteiger partial charge in [-0.2, -0.15) is 0 Å². The molecule has 0 saturated carbocycles. The first kappa shape index (κ1) is 28.4. The van der Waals surface area contributed by atoms with Crippen LogP contribution in [0.3, 0.4) is 0 Å². The number of nitrogen functional groups attached to an aromatic ring is 1. The maximum Gasteiger partial charge on any atom is 0.329 e. The molecule has 1 fully saturated rings. The average Bonchev–Trinajstić information content (AvgIpc) is 3.39. The predicted molar refractivity (Wildman–Crippen MR) is 136 cm³/mol. The topological polar surface area (TPSA) is 125 Å². The lowest BCUT2D eigenvalue weighted by molar-refractivity contribution is -0.0273. The van der Waals surface area contributed by atoms with E-state index < -0.39 is 8.60 Å². The minimum absolute atomic E-state index is 0.0208. The summed E-state index contributed by atoms with van der Waals surface area (Å²) in [6, 6.07) is 1.88. The Hall–Kier alpha value is -1.84. The Morgan fingerprint density at radius 2 is 2.21 bits per heavy atom. The van der Waals surface area contributed by atoms with Crippen molar-refractivity contribution in [3.63, 3.8) is 0 Å². The van der Waals surface area contributed by atoms with E-state index in [1.165, 1.54) is 6.33 Å². The molecule has 2 aromatic heterocycles. The molecule has 0 aliphatic carbocycles. The highest BCUT2D eigenvalue weighted by molar-refractivity contribution is 7.40. The van der Waals surface area contributed by atoms with E-state index in [0.717, 1.165) is 23.9 Å². The zero-order chi connectivity index (χ0) is 24.9. The summed E-state index contributed by atoms with van der Waals surface area (Å²) in [6.07, 6.45) is 13.0. The SMILES string of the molecule is C=C(Cl)/C=C\C=C/CC.CC1CC(COP(O)OCCCO)OC1n1ccc2c(N)ncnc21. The number of ether oxygens (including phenoxy) is 1. The molecule has 1 aliphatic rings. The highest BCUT2D eigenvalue weighted by Crippen LogP contribution is 2.39. The lowest BCUT2D eigenvalue weighted by atomic mass is 10.1. The molecule has 1 aliphatic heterocycles. The fourth-order valence-corrected chi connectivity index (χ4v) is 4.05. The van der Waals surface area contributed by atoms with Crippen LogP contribution in [-0.2, 0) is 13.8 Å². The summed E-state index contributed by atoms with van der Waals surface area (Å²) in [7, 11) is -1.95. The second-order valence-corrected chi connectivity index (χ2v) is 9.14. The fourth-order valence-electron chi connectivity index (χ4n) is 3.33. The summed E-state index contributed by atoms with van der Waals surface area (Å²) >= 11 is 5.44. The number of hydrogen-bond acceptors (Lipinski definition) is 8. The number of anilines is 1. The number of hydrogen-bond donors (Lipinski definition) is 3. The minimum Gasteiger partial charge on any atom is -0.396 e. The first-order valence-electron chi connectivity index (χ1n) is 11.1. The Bertz CT molecular complexity index is 955. The molecule has 9 nitrogen and oxygen atoms in total. The van der Waals surface area contributed by atoms with Crippen LogP contribution in [-0.4, -0.2) is 50.5 Å². The number of aliphatic hydroxyl groups excluding tert-OH is 1. The average molecular weight is 513 g/mol. The van der Waals surface area contributed by atoms with E-state index in [1.54, 1.807) is 6.08 Å². The van der Waals surface area contributed by atoms with Crippen molar-refractivity contribution in [2.75, 3.05) is 25.6 Å². The van der Waals surface area contributed by atoms with Gasteiger partial charge in [-0.1, -0.05) is 50.3 Å². The lowest BCUT2D eigenvalue weighted by Crippen LogP contribution is -2.16. The number of nitrogens with two attached hydrogens (primary N) is 1. The number of halogens is 1. The van der Waals surface area contributed by atoms with E-state index >= 15 is 0 Å². The van der Waals surface area contributed by atoms with E-state index in [4.69, 9.17) is 36.2 Å². The quantitative estimate of drug-likeness (QED) is 0.222. The molecule has 0 amide bonds. The molecule has 11 heteroatoms. The molecule has 4 unspecified atom stereocenters. The summed E-state index contributed by atoms with van der Waals surface area (Å²) in [5, 5.41) is 10.1. The predicted octanol–water partition coefficient (Wildman–Crippen LogP) is 4.83. The van der Waals surface area contributed by atoms with E-state index in [2.05, 4.69) is 36.5 Å². The van der Waals surface area contributed by atoms with Crippen LogP contribution >= 0.6 is 20.2 Å². The van der Waals surface area contributed by atoms with Gasteiger partial charge < -0.3 is 34.1 Å². The molecule has 0 aromatic carbocycles. The van der Waals surface area contributed by atoms with Gasteiger partial charge in [0, 0.05) is 23.8 Å². The van der Waals surface area contributed by atoms with Crippen LogP contribution in [0, 0.1) is 5.92 Å². The highest BCUT2D eigenvalue weighted by Gasteiger charge is 2.35. The number of aliphatic hydroxyl groups is 1. The minimum atomic E-state index is -1.95. The first-order chi connectivity index (χ1) is 16.4. The zero-order valence-corrected chi connectivity index (χ0v) is 21.2. The standard InChI is InChI=1S/C15H23N4O5P.C8H11Cl/c1-10-7-11(8-23-25(21)22-6-2-5-20)24-15(10)19-4-3-12-13(16)17-9-18-14(12)19;1-3-4-5-6-7-8(2)9/h3-4,9-11,15,20-21H,2,5-8H2,1H3,(H2,16,17,18);4-7H,2-3H2,1H3/b;5-4-,7-6-. The third-order valence-electron chi connectivity index (χ3n) is 4.90. The van der Waals surface area contributed by atoms with Crippen molar-refractivity contribution in [1.82, 2.24) is 14.5 Å². The molecule has 0 bridgehead atoms. The van der Waals surface area contributed by atoms with Crippen LogP contribution < -0.4 is 5.73 Å². The molecule has 4 atom stereocenters. The second-order valence-electron chi connectivity index (χ2n) is 7.67. The molecule has 2 aromatic rings. The third kappa shape index (κ3) is 9.07. The Labute approximate surface area is 206 Å². The molecular formula is C23H34ClN4O5P. The summed E-state index contributed by atoms with van der Waals surface area (Å²) in [5.41, 5.74) is 6.62. The smallest absolute Gasteiger partial charge is 0.329 e. The monoisotopic (exact) mass is 512 g/mol. The second kappa shape index (κ2) is 15.2. The number of allylic oxidation sites excluding steroid dienone is 5. The molecule has 3 rings (SSSR count). The lowest BCUT2D eigenvalue weighted by Gasteiger charge is -2.19. The fraction of sp³-hybridized carbons (Fsp3) is 0.478. The third-order valence-corrected chi connectivity index (χ3v) is 5.80. The van der Waals surface area contributed by atoms with Gasteiger partial charge in [0.15, 0.2) is 0 Å². The maximum absolute atomic E-state index is 9.67. The molecule has 3 heterocycles. The van der Waals surface area contributed by atoms with Crippen molar-refractivity contribution in [3.05, 3.63) is 54.5 Å². The van der Waals surface area contributed by atoms with E-state index in [9.17, 15) is 4.89 Å². The number of rotatable bonds is 11. The largest absolute Gasteiger partial charge is 0.396 e. The van der Waals surface area contributed by atoms with Crippen LogP contribution in [0.25, 0.3) is 11.0 Å². The molecule has 0 radical (unpaired) electrons. The summed E-state index contributed by atoms with van der Waals surface area (Å²) < 4.78 is 18.5. The molecule has 4 N–H and O–H groups in total. The van der Waals surface area contributed by atoms with Gasteiger partial charge in [-0.3, -0.25) is 0 Å². The molecule has 188 valence electrons. The van der Waals surface area contributed by atoms with Crippen molar-refractivity contribution in [2.45, 2.75) is 45.4 Å². The van der Waals surface area contributed by atoms with Crippen molar-refractivity contribution >= 4 is 37.1 Å². The van der Waals surface area contributed by atoms with Crippen molar-refractivity contribution in [2.24, 2.45) is 5.92 Å². The van der Waals surface area contributed by atoms with Gasteiger partial charge >= 0.3 is 8.60 Å². The van der Waals surface area contributed by atoms with Gasteiger partial charge in [-0.25, -0.2) is 9.97 Å². The van der Waals surface area contributed by atoms with Gasteiger partial charge in [0.2, 0.25) is 0 Å². The zero-order valence-electron chi connectivity index (χ0n) is 19.6. The van der Waals surface area contributed by atoms with Gasteiger partial charge in [-0.05, 0) is 31.4 Å². The molecule has 1 saturated heterocycles. The van der Waals surface area contributed by atoms with Crippen LogP contribution in [0.4, 0.5) is 5.82 Å². The summed E-state index contributed by atoms with van der Waals surface area (Å²) in [5.74, 6) is 0.695. The van der Waals surface area contributed by atoms with Gasteiger partial charge in [0.25, 0.3) is 0 Å². The van der Waals surface area contributed by atoms with Crippen LogP contribution in [0.15, 0.2) is 54.5 Å². The van der Waals surface area contributed by atoms with E-state index in [-0.39, 0.29) is 38.1 Å². The van der Waals surface area contributed by atoms with Crippen molar-refractivity contribution < 1.29 is 23.8 Å². The normalized spacial score (nSPS) is 21.3. The van der Waals surface area contributed by atoms with E-state index in [1.807, 2.05) is 29.0 Å². The molecule has 34 heavy (non-hydrogen) atoms. The van der Waals surface area contributed by atoms with Gasteiger partial charge in [-0.15, -0.1) is 0 Å².